The molecular formula is C15H11F2N3O4. The maximum absolute atomic E-state index is 12.3. The van der Waals surface area contributed by atoms with Gasteiger partial charge in [-0.3, -0.25) is 14.9 Å². The molecule has 2 rings (SSSR count). The number of hydrogen-bond donors (Lipinski definition) is 1. The molecule has 7 nitrogen and oxygen atoms in total. The average molecular weight is 335 g/mol. The molecule has 0 fully saturated rings. The monoisotopic (exact) mass is 335 g/mol. The van der Waals surface area contributed by atoms with Crippen molar-refractivity contribution < 1.29 is 23.2 Å². The minimum absolute atomic E-state index is 0.0402. The number of carbonyl (C=O) groups is 1. The van der Waals surface area contributed by atoms with Crippen molar-refractivity contribution in [1.82, 2.24) is 5.43 Å². The highest BCUT2D eigenvalue weighted by Crippen LogP contribution is 2.18. The number of nitro benzene ring substituents is 1. The average Bonchev–Trinajstić information content (AvgIpc) is 2.56. The minimum Gasteiger partial charge on any atom is -0.434 e. The lowest BCUT2D eigenvalue weighted by atomic mass is 10.2. The summed E-state index contributed by atoms with van der Waals surface area (Å²) in [7, 11) is 0. The first kappa shape index (κ1) is 17.0. The fraction of sp³-hybridized carbons (Fsp3) is 0.0667. The highest BCUT2D eigenvalue weighted by Gasteiger charge is 2.11. The SMILES string of the molecule is O=C(NN=Cc1ccccc1OC(F)F)c1cccc([N+](=O)[O-])c1. The molecule has 0 atom stereocenters. The Hall–Kier alpha value is -3.36. The second kappa shape index (κ2) is 7.77. The minimum atomic E-state index is -2.99. The van der Waals surface area contributed by atoms with Crippen molar-refractivity contribution in [2.24, 2.45) is 5.10 Å². The van der Waals surface area contributed by atoms with Crippen molar-refractivity contribution in [2.75, 3.05) is 0 Å². The van der Waals surface area contributed by atoms with Crippen LogP contribution in [0.1, 0.15) is 15.9 Å². The maximum atomic E-state index is 12.3. The molecule has 0 spiro atoms. The predicted octanol–water partition coefficient (Wildman–Crippen LogP) is 2.96. The van der Waals surface area contributed by atoms with E-state index in [0.29, 0.717) is 0 Å². The van der Waals surface area contributed by atoms with Gasteiger partial charge in [0.2, 0.25) is 0 Å². The van der Waals surface area contributed by atoms with E-state index in [0.717, 1.165) is 12.3 Å². The van der Waals surface area contributed by atoms with Crippen molar-refractivity contribution in [3.63, 3.8) is 0 Å². The van der Waals surface area contributed by atoms with Crippen molar-refractivity contribution in [3.8, 4) is 5.75 Å². The molecule has 0 unspecified atom stereocenters. The molecule has 0 saturated carbocycles. The smallest absolute Gasteiger partial charge is 0.387 e. The van der Waals surface area contributed by atoms with Gasteiger partial charge in [0.1, 0.15) is 5.75 Å². The largest absolute Gasteiger partial charge is 0.434 e. The van der Waals surface area contributed by atoms with Gasteiger partial charge in [-0.15, -0.1) is 0 Å². The summed E-state index contributed by atoms with van der Waals surface area (Å²) < 4.78 is 28.9. The maximum Gasteiger partial charge on any atom is 0.387 e. The van der Waals surface area contributed by atoms with Crippen LogP contribution in [0.2, 0.25) is 0 Å². The first-order chi connectivity index (χ1) is 11.5. The second-order valence-electron chi connectivity index (χ2n) is 4.42. The Morgan fingerprint density at radius 3 is 2.71 bits per heavy atom. The summed E-state index contributed by atoms with van der Waals surface area (Å²) in [4.78, 5) is 21.9. The van der Waals surface area contributed by atoms with Gasteiger partial charge in [-0.25, -0.2) is 5.43 Å². The van der Waals surface area contributed by atoms with Crippen LogP contribution >= 0.6 is 0 Å². The summed E-state index contributed by atoms with van der Waals surface area (Å²) in [6.45, 7) is -2.99. The molecule has 1 amide bonds. The standard InChI is InChI=1S/C15H11F2N3O4/c16-15(17)24-13-7-2-1-4-11(13)9-18-19-14(21)10-5-3-6-12(8-10)20(22)23/h1-9,15H,(H,19,21). The van der Waals surface area contributed by atoms with Gasteiger partial charge in [-0.05, 0) is 18.2 Å². The van der Waals surface area contributed by atoms with Crippen LogP contribution in [0, 0.1) is 10.1 Å². The van der Waals surface area contributed by atoms with Crippen LogP contribution in [0.4, 0.5) is 14.5 Å². The van der Waals surface area contributed by atoms with Crippen molar-refractivity contribution in [2.45, 2.75) is 6.61 Å². The fourth-order valence-electron chi connectivity index (χ4n) is 1.78. The van der Waals surface area contributed by atoms with Gasteiger partial charge in [-0.2, -0.15) is 13.9 Å². The summed E-state index contributed by atoms with van der Waals surface area (Å²) in [6.07, 6.45) is 1.13. The summed E-state index contributed by atoms with van der Waals surface area (Å²) in [5.74, 6) is -0.775. The van der Waals surface area contributed by atoms with Crippen molar-refractivity contribution >= 4 is 17.8 Å². The number of carbonyl (C=O) groups excluding carboxylic acids is 1. The molecule has 2 aromatic carbocycles. The Morgan fingerprint density at radius 2 is 2.00 bits per heavy atom. The van der Waals surface area contributed by atoms with E-state index in [1.807, 2.05) is 0 Å². The number of non-ortho nitro benzene ring substituents is 1. The van der Waals surface area contributed by atoms with Gasteiger partial charge < -0.3 is 4.74 Å². The van der Waals surface area contributed by atoms with Gasteiger partial charge in [0.15, 0.2) is 0 Å². The molecule has 24 heavy (non-hydrogen) atoms. The normalized spacial score (nSPS) is 10.8. The van der Waals surface area contributed by atoms with Gasteiger partial charge in [0.05, 0.1) is 11.1 Å². The van der Waals surface area contributed by atoms with E-state index in [1.54, 1.807) is 6.07 Å². The van der Waals surface area contributed by atoms with Gasteiger partial charge in [-0.1, -0.05) is 18.2 Å². The first-order valence-electron chi connectivity index (χ1n) is 6.59. The van der Waals surface area contributed by atoms with Crippen LogP contribution in [0.5, 0.6) is 5.75 Å². The lowest BCUT2D eigenvalue weighted by molar-refractivity contribution is -0.384. The molecule has 124 valence electrons. The van der Waals surface area contributed by atoms with Crippen LogP contribution in [0.25, 0.3) is 0 Å². The molecular weight excluding hydrogens is 324 g/mol. The molecule has 0 heterocycles. The van der Waals surface area contributed by atoms with Crippen molar-refractivity contribution in [1.29, 1.82) is 0 Å². The number of hydrogen-bond acceptors (Lipinski definition) is 5. The number of alkyl halides is 2. The number of nitrogens with zero attached hydrogens (tertiary/aromatic N) is 2. The number of para-hydroxylation sites is 1. The van der Waals surface area contributed by atoms with Crippen molar-refractivity contribution in [3.05, 3.63) is 69.8 Å². The quantitative estimate of drug-likeness (QED) is 0.499. The first-order valence-corrected chi connectivity index (χ1v) is 6.59. The number of nitrogens with one attached hydrogen (secondary N) is 1. The third kappa shape index (κ3) is 4.57. The molecule has 2 aromatic rings. The third-order valence-corrected chi connectivity index (χ3v) is 2.82. The van der Waals surface area contributed by atoms with E-state index in [1.165, 1.54) is 36.4 Å². The van der Waals surface area contributed by atoms with Crippen LogP contribution in [-0.4, -0.2) is 23.7 Å². The molecule has 0 radical (unpaired) electrons. The highest BCUT2D eigenvalue weighted by molar-refractivity contribution is 5.95. The number of halogens is 2. The molecule has 1 N–H and O–H groups in total. The lowest BCUT2D eigenvalue weighted by Crippen LogP contribution is -2.17. The van der Waals surface area contributed by atoms with Crippen LogP contribution in [-0.2, 0) is 0 Å². The third-order valence-electron chi connectivity index (χ3n) is 2.82. The number of amides is 1. The number of hydrazone groups is 1. The van der Waals surface area contributed by atoms with Crippen LogP contribution < -0.4 is 10.2 Å². The Morgan fingerprint density at radius 1 is 1.25 bits per heavy atom. The number of ether oxygens (including phenoxy) is 1. The van der Waals surface area contributed by atoms with E-state index in [4.69, 9.17) is 0 Å². The molecule has 9 heteroatoms. The lowest BCUT2D eigenvalue weighted by Gasteiger charge is -2.06. The van der Waals surface area contributed by atoms with Gasteiger partial charge >= 0.3 is 6.61 Å². The number of rotatable bonds is 6. The van der Waals surface area contributed by atoms with E-state index in [-0.39, 0.29) is 22.6 Å². The predicted molar refractivity (Wildman–Crippen MR) is 81.2 cm³/mol. The summed E-state index contributed by atoms with van der Waals surface area (Å²) >= 11 is 0. The zero-order valence-corrected chi connectivity index (χ0v) is 12.1. The molecule has 0 bridgehead atoms. The van der Waals surface area contributed by atoms with E-state index in [9.17, 15) is 23.7 Å². The summed E-state index contributed by atoms with van der Waals surface area (Å²) in [5, 5.41) is 14.3. The Kier molecular flexibility index (Phi) is 5.50. The number of nitro groups is 1. The second-order valence-corrected chi connectivity index (χ2v) is 4.42. The summed E-state index contributed by atoms with van der Waals surface area (Å²) in [5.41, 5.74) is 2.20. The topological polar surface area (TPSA) is 93.8 Å². The molecule has 0 aliphatic heterocycles. The molecule has 0 aliphatic carbocycles. The Balaban J connectivity index is 2.08. The van der Waals surface area contributed by atoms with E-state index >= 15 is 0 Å². The van der Waals surface area contributed by atoms with Crippen LogP contribution in [0.15, 0.2) is 53.6 Å². The summed E-state index contributed by atoms with van der Waals surface area (Å²) in [6, 6.07) is 11.0. The molecule has 0 aliphatic rings. The fourth-order valence-corrected chi connectivity index (χ4v) is 1.78. The van der Waals surface area contributed by atoms with E-state index < -0.39 is 17.4 Å². The van der Waals surface area contributed by atoms with E-state index in [2.05, 4.69) is 15.3 Å². The zero-order chi connectivity index (χ0) is 17.5. The van der Waals surface area contributed by atoms with Crippen LogP contribution in [0.3, 0.4) is 0 Å². The van der Waals surface area contributed by atoms with Gasteiger partial charge in [0.25, 0.3) is 11.6 Å². The number of benzene rings is 2. The van der Waals surface area contributed by atoms with Gasteiger partial charge in [0, 0.05) is 23.3 Å². The molecule has 0 saturated heterocycles. The molecule has 0 aromatic heterocycles. The highest BCUT2D eigenvalue weighted by atomic mass is 19.3. The zero-order valence-electron chi connectivity index (χ0n) is 12.1. The Labute approximate surface area is 134 Å². The Bertz CT molecular complexity index is 781.